The lowest BCUT2D eigenvalue weighted by Gasteiger charge is -2.32. The number of benzene rings is 1. The van der Waals surface area contributed by atoms with Crippen LogP contribution in [0.3, 0.4) is 0 Å². The molecule has 0 heterocycles. The van der Waals surface area contributed by atoms with E-state index in [-0.39, 0.29) is 12.2 Å². The highest BCUT2D eigenvalue weighted by molar-refractivity contribution is 5.32. The minimum atomic E-state index is -0.264. The van der Waals surface area contributed by atoms with Crippen molar-refractivity contribution in [1.29, 1.82) is 0 Å². The van der Waals surface area contributed by atoms with Gasteiger partial charge in [-0.3, -0.25) is 0 Å². The number of hydrogen-bond acceptors (Lipinski definition) is 2. The zero-order valence-corrected chi connectivity index (χ0v) is 7.73. The van der Waals surface area contributed by atoms with Crippen LogP contribution in [-0.2, 0) is 0 Å². The largest absolute Gasteiger partial charge is 0.487 e. The van der Waals surface area contributed by atoms with Gasteiger partial charge in [0.05, 0.1) is 6.10 Å². The fourth-order valence-electron chi connectivity index (χ4n) is 1.44. The fourth-order valence-corrected chi connectivity index (χ4v) is 1.44. The monoisotopic (exact) mass is 178 g/mol. The van der Waals surface area contributed by atoms with Gasteiger partial charge in [-0.25, -0.2) is 0 Å². The first-order valence-electron chi connectivity index (χ1n) is 4.68. The molecule has 0 aromatic heterocycles. The van der Waals surface area contributed by atoms with E-state index >= 15 is 0 Å². The number of ether oxygens (including phenoxy) is 1. The maximum absolute atomic E-state index is 9.33. The molecule has 1 aromatic rings. The summed E-state index contributed by atoms with van der Waals surface area (Å²) in [6.45, 7) is 2.01. The van der Waals surface area contributed by atoms with E-state index < -0.39 is 0 Å². The predicted octanol–water partition coefficient (Wildman–Crippen LogP) is 1.90. The summed E-state index contributed by atoms with van der Waals surface area (Å²) in [5.41, 5.74) is 1.13. The van der Waals surface area contributed by atoms with Gasteiger partial charge in [-0.2, -0.15) is 0 Å². The van der Waals surface area contributed by atoms with Crippen LogP contribution in [0.2, 0.25) is 0 Å². The normalized spacial score (nSPS) is 26.6. The molecule has 70 valence electrons. The van der Waals surface area contributed by atoms with E-state index in [1.807, 2.05) is 31.2 Å². The van der Waals surface area contributed by atoms with E-state index in [9.17, 15) is 5.11 Å². The average Bonchev–Trinajstić information content (AvgIpc) is 2.14. The van der Waals surface area contributed by atoms with E-state index in [4.69, 9.17) is 4.74 Å². The Morgan fingerprint density at radius 3 is 2.62 bits per heavy atom. The average molecular weight is 178 g/mol. The quantitative estimate of drug-likeness (QED) is 0.749. The van der Waals surface area contributed by atoms with Crippen molar-refractivity contribution in [2.24, 2.45) is 0 Å². The molecule has 2 rings (SSSR count). The van der Waals surface area contributed by atoms with Crippen molar-refractivity contribution in [2.45, 2.75) is 32.0 Å². The second-order valence-corrected chi connectivity index (χ2v) is 3.57. The van der Waals surface area contributed by atoms with Crippen molar-refractivity contribution in [3.63, 3.8) is 0 Å². The lowest BCUT2D eigenvalue weighted by Crippen LogP contribution is -2.41. The van der Waals surface area contributed by atoms with E-state index in [2.05, 4.69) is 0 Å². The third-order valence-corrected chi connectivity index (χ3v) is 2.55. The van der Waals surface area contributed by atoms with Crippen molar-refractivity contribution in [3.05, 3.63) is 29.8 Å². The highest BCUT2D eigenvalue weighted by Gasteiger charge is 2.30. The van der Waals surface area contributed by atoms with Crippen LogP contribution >= 0.6 is 0 Å². The summed E-state index contributed by atoms with van der Waals surface area (Å²) in [6.07, 6.45) is 1.59. The fraction of sp³-hybridized carbons (Fsp3) is 0.455. The Morgan fingerprint density at radius 1 is 1.31 bits per heavy atom. The van der Waals surface area contributed by atoms with E-state index in [1.165, 1.54) is 0 Å². The molecule has 2 nitrogen and oxygen atoms in total. The Bertz CT molecular complexity index is 296. The molecule has 1 aromatic carbocycles. The highest BCUT2D eigenvalue weighted by atomic mass is 16.5. The van der Waals surface area contributed by atoms with Crippen molar-refractivity contribution in [1.82, 2.24) is 0 Å². The molecule has 0 unspecified atom stereocenters. The molecular weight excluding hydrogens is 164 g/mol. The number of aliphatic hydroxyl groups excluding tert-OH is 1. The molecule has 0 radical (unpaired) electrons. The van der Waals surface area contributed by atoms with Gasteiger partial charge in [0.1, 0.15) is 11.9 Å². The van der Waals surface area contributed by atoms with Crippen LogP contribution in [0.25, 0.3) is 0 Å². The first kappa shape index (κ1) is 8.57. The number of rotatable bonds is 2. The van der Waals surface area contributed by atoms with Gasteiger partial charge in [-0.1, -0.05) is 18.2 Å². The summed E-state index contributed by atoms with van der Waals surface area (Å²) in [7, 11) is 0. The SMILES string of the molecule is Cc1ccccc1O[C@@H]1CC[C@H]1O. The predicted molar refractivity (Wildman–Crippen MR) is 50.8 cm³/mol. The maximum atomic E-state index is 9.33. The van der Waals surface area contributed by atoms with Gasteiger partial charge in [0, 0.05) is 0 Å². The summed E-state index contributed by atoms with van der Waals surface area (Å²) in [5, 5.41) is 9.33. The summed E-state index contributed by atoms with van der Waals surface area (Å²) < 4.78 is 5.64. The van der Waals surface area contributed by atoms with Crippen LogP contribution < -0.4 is 4.74 Å². The van der Waals surface area contributed by atoms with Gasteiger partial charge in [-0.15, -0.1) is 0 Å². The molecule has 0 bridgehead atoms. The molecule has 0 aliphatic heterocycles. The number of hydrogen-bond donors (Lipinski definition) is 1. The summed E-state index contributed by atoms with van der Waals surface area (Å²) >= 11 is 0. The number of para-hydroxylation sites is 1. The molecule has 2 atom stereocenters. The summed E-state index contributed by atoms with van der Waals surface area (Å²) in [6, 6.07) is 7.90. The number of aliphatic hydroxyl groups is 1. The Hall–Kier alpha value is -1.02. The van der Waals surface area contributed by atoms with Crippen LogP contribution in [-0.4, -0.2) is 17.3 Å². The van der Waals surface area contributed by atoms with Gasteiger partial charge in [0.15, 0.2) is 0 Å². The topological polar surface area (TPSA) is 29.5 Å². The molecule has 1 saturated carbocycles. The van der Waals surface area contributed by atoms with Gasteiger partial charge >= 0.3 is 0 Å². The lowest BCUT2D eigenvalue weighted by atomic mass is 9.92. The smallest absolute Gasteiger partial charge is 0.125 e. The van der Waals surface area contributed by atoms with Gasteiger partial charge in [0.2, 0.25) is 0 Å². The summed E-state index contributed by atoms with van der Waals surface area (Å²) in [5.74, 6) is 0.895. The minimum Gasteiger partial charge on any atom is -0.487 e. The third-order valence-electron chi connectivity index (χ3n) is 2.55. The zero-order chi connectivity index (χ0) is 9.26. The van der Waals surface area contributed by atoms with Crippen LogP contribution in [0.4, 0.5) is 0 Å². The molecule has 0 saturated heterocycles. The van der Waals surface area contributed by atoms with E-state index in [0.29, 0.717) is 0 Å². The Balaban J connectivity index is 2.05. The standard InChI is InChI=1S/C11H14O2/c1-8-4-2-3-5-10(8)13-11-7-6-9(11)12/h2-5,9,11-12H,6-7H2,1H3/t9-,11-/m1/s1. The van der Waals surface area contributed by atoms with Crippen LogP contribution in [0, 0.1) is 6.92 Å². The molecule has 0 amide bonds. The van der Waals surface area contributed by atoms with E-state index in [1.54, 1.807) is 0 Å². The van der Waals surface area contributed by atoms with Crippen molar-refractivity contribution < 1.29 is 9.84 Å². The van der Waals surface area contributed by atoms with Crippen molar-refractivity contribution in [3.8, 4) is 5.75 Å². The molecule has 13 heavy (non-hydrogen) atoms. The van der Waals surface area contributed by atoms with Crippen LogP contribution in [0.5, 0.6) is 5.75 Å². The second-order valence-electron chi connectivity index (χ2n) is 3.57. The molecule has 2 heteroatoms. The lowest BCUT2D eigenvalue weighted by molar-refractivity contribution is -0.0364. The van der Waals surface area contributed by atoms with Gasteiger partial charge in [0.25, 0.3) is 0 Å². The van der Waals surface area contributed by atoms with E-state index in [0.717, 1.165) is 24.2 Å². The first-order chi connectivity index (χ1) is 6.27. The Labute approximate surface area is 78.2 Å². The first-order valence-corrected chi connectivity index (χ1v) is 4.68. The zero-order valence-electron chi connectivity index (χ0n) is 7.73. The Kier molecular flexibility index (Phi) is 2.23. The number of aryl methyl sites for hydroxylation is 1. The molecular formula is C11H14O2. The third kappa shape index (κ3) is 1.68. The maximum Gasteiger partial charge on any atom is 0.125 e. The molecule has 1 fully saturated rings. The summed E-state index contributed by atoms with van der Waals surface area (Å²) in [4.78, 5) is 0. The highest BCUT2D eigenvalue weighted by Crippen LogP contribution is 2.27. The second kappa shape index (κ2) is 3.38. The van der Waals surface area contributed by atoms with Crippen LogP contribution in [0.1, 0.15) is 18.4 Å². The van der Waals surface area contributed by atoms with Gasteiger partial charge < -0.3 is 9.84 Å². The molecule has 0 spiro atoms. The molecule has 1 aliphatic rings. The minimum absolute atomic E-state index is 0.0149. The molecule has 1 N–H and O–H groups in total. The molecule has 1 aliphatic carbocycles. The van der Waals surface area contributed by atoms with Crippen LogP contribution in [0.15, 0.2) is 24.3 Å². The van der Waals surface area contributed by atoms with Crippen molar-refractivity contribution >= 4 is 0 Å². The van der Waals surface area contributed by atoms with Gasteiger partial charge in [-0.05, 0) is 31.4 Å². The Morgan fingerprint density at radius 2 is 2.08 bits per heavy atom. The van der Waals surface area contributed by atoms with Crippen molar-refractivity contribution in [2.75, 3.05) is 0 Å².